The van der Waals surface area contributed by atoms with Gasteiger partial charge in [-0.05, 0) is 39.4 Å². The molecule has 94 valence electrons. The van der Waals surface area contributed by atoms with Gasteiger partial charge < -0.3 is 10.4 Å². The molecular weight excluding hydrogens is 212 g/mol. The molecule has 1 aromatic carbocycles. The van der Waals surface area contributed by atoms with Gasteiger partial charge in [-0.15, -0.1) is 0 Å². The summed E-state index contributed by atoms with van der Waals surface area (Å²) in [7, 11) is 2.14. The Labute approximate surface area is 103 Å². The maximum Gasteiger partial charge on any atom is 0.120 e. The molecule has 0 bridgehead atoms. The summed E-state index contributed by atoms with van der Waals surface area (Å²) in [5, 5.41) is 13.3. The minimum absolute atomic E-state index is 0.409. The summed E-state index contributed by atoms with van der Waals surface area (Å²) >= 11 is 0. The van der Waals surface area contributed by atoms with Crippen molar-refractivity contribution in [3.63, 3.8) is 0 Å². The number of aryl methyl sites for hydroxylation is 1. The van der Waals surface area contributed by atoms with Crippen molar-refractivity contribution < 1.29 is 5.11 Å². The lowest BCUT2D eigenvalue weighted by Gasteiger charge is -2.31. The highest BCUT2D eigenvalue weighted by Gasteiger charge is 2.18. The second-order valence-corrected chi connectivity index (χ2v) is 5.05. The second kappa shape index (κ2) is 5.52. The van der Waals surface area contributed by atoms with Crippen molar-refractivity contribution in [1.29, 1.82) is 0 Å². The third-order valence-electron chi connectivity index (χ3n) is 3.55. The average molecular weight is 234 g/mol. The number of benzene rings is 1. The first kappa shape index (κ1) is 12.4. The van der Waals surface area contributed by atoms with Gasteiger partial charge in [0.05, 0.1) is 0 Å². The Morgan fingerprint density at radius 3 is 3.00 bits per heavy atom. The fourth-order valence-corrected chi connectivity index (χ4v) is 2.45. The quantitative estimate of drug-likeness (QED) is 0.838. The maximum absolute atomic E-state index is 9.84. The Kier molecular flexibility index (Phi) is 4.02. The van der Waals surface area contributed by atoms with E-state index in [1.165, 1.54) is 18.4 Å². The summed E-state index contributed by atoms with van der Waals surface area (Å²) < 4.78 is 0. The molecule has 0 amide bonds. The van der Waals surface area contributed by atoms with E-state index in [1.807, 2.05) is 6.07 Å². The van der Waals surface area contributed by atoms with E-state index in [9.17, 15) is 5.11 Å². The zero-order valence-corrected chi connectivity index (χ0v) is 10.7. The van der Waals surface area contributed by atoms with E-state index in [-0.39, 0.29) is 0 Å². The molecule has 3 heteroatoms. The Morgan fingerprint density at radius 1 is 1.47 bits per heavy atom. The third kappa shape index (κ3) is 3.20. The molecule has 1 aromatic rings. The molecule has 0 aromatic heterocycles. The van der Waals surface area contributed by atoms with Crippen molar-refractivity contribution in [1.82, 2.24) is 10.2 Å². The molecule has 3 nitrogen and oxygen atoms in total. The topological polar surface area (TPSA) is 35.5 Å². The lowest BCUT2D eigenvalue weighted by molar-refractivity contribution is 0.194. The highest BCUT2D eigenvalue weighted by atomic mass is 16.3. The first-order valence-electron chi connectivity index (χ1n) is 6.36. The number of phenols is 1. The van der Waals surface area contributed by atoms with Crippen LogP contribution in [0, 0.1) is 6.92 Å². The summed E-state index contributed by atoms with van der Waals surface area (Å²) in [6.07, 6.45) is 2.49. The van der Waals surface area contributed by atoms with Gasteiger partial charge in [0.25, 0.3) is 0 Å². The van der Waals surface area contributed by atoms with Crippen LogP contribution in [0.5, 0.6) is 5.75 Å². The Bertz CT molecular complexity index is 372. The fourth-order valence-electron chi connectivity index (χ4n) is 2.45. The van der Waals surface area contributed by atoms with Crippen LogP contribution in [0.25, 0.3) is 0 Å². The molecular formula is C14H22N2O. The van der Waals surface area contributed by atoms with Crippen LogP contribution < -0.4 is 5.32 Å². The van der Waals surface area contributed by atoms with Crippen molar-refractivity contribution in [3.8, 4) is 5.75 Å². The van der Waals surface area contributed by atoms with Gasteiger partial charge in [0, 0.05) is 24.7 Å². The molecule has 2 rings (SSSR count). The van der Waals surface area contributed by atoms with Crippen LogP contribution in [0.1, 0.15) is 24.0 Å². The SMILES string of the molecule is Cc1ccc(O)c(CN(C)C2CCCNC2)c1. The molecule has 1 fully saturated rings. The van der Waals surface area contributed by atoms with E-state index in [0.29, 0.717) is 11.8 Å². The molecule has 1 atom stereocenters. The van der Waals surface area contributed by atoms with Crippen molar-refractivity contribution in [2.75, 3.05) is 20.1 Å². The second-order valence-electron chi connectivity index (χ2n) is 5.05. The van der Waals surface area contributed by atoms with Crippen LogP contribution in [0.4, 0.5) is 0 Å². The molecule has 1 saturated heterocycles. The molecule has 1 heterocycles. The zero-order valence-electron chi connectivity index (χ0n) is 10.7. The number of aromatic hydroxyl groups is 1. The predicted octanol–water partition coefficient (Wildman–Crippen LogP) is 1.88. The number of phenolic OH excluding ortho intramolecular Hbond substituents is 1. The van der Waals surface area contributed by atoms with Gasteiger partial charge >= 0.3 is 0 Å². The van der Waals surface area contributed by atoms with E-state index in [2.05, 4.69) is 30.3 Å². The number of hydrogen-bond donors (Lipinski definition) is 2. The third-order valence-corrected chi connectivity index (χ3v) is 3.55. The fraction of sp³-hybridized carbons (Fsp3) is 0.571. The van der Waals surface area contributed by atoms with Crippen LogP contribution in [0.15, 0.2) is 18.2 Å². The summed E-state index contributed by atoms with van der Waals surface area (Å²) in [4.78, 5) is 2.33. The highest BCUT2D eigenvalue weighted by molar-refractivity contribution is 5.35. The Hall–Kier alpha value is -1.06. The maximum atomic E-state index is 9.84. The largest absolute Gasteiger partial charge is 0.508 e. The van der Waals surface area contributed by atoms with Gasteiger partial charge in [0.15, 0.2) is 0 Å². The standard InChI is InChI=1S/C14H22N2O/c1-11-5-6-14(17)12(8-11)10-16(2)13-4-3-7-15-9-13/h5-6,8,13,15,17H,3-4,7,9-10H2,1-2H3. The van der Waals surface area contributed by atoms with Crippen molar-refractivity contribution in [3.05, 3.63) is 29.3 Å². The van der Waals surface area contributed by atoms with Crippen molar-refractivity contribution in [2.45, 2.75) is 32.4 Å². The predicted molar refractivity (Wildman–Crippen MR) is 70.2 cm³/mol. The molecule has 0 radical (unpaired) electrons. The summed E-state index contributed by atoms with van der Waals surface area (Å²) in [6.45, 7) is 5.08. The lowest BCUT2D eigenvalue weighted by Crippen LogP contribution is -2.43. The Morgan fingerprint density at radius 2 is 2.29 bits per heavy atom. The van der Waals surface area contributed by atoms with E-state index < -0.39 is 0 Å². The number of nitrogens with one attached hydrogen (secondary N) is 1. The van der Waals surface area contributed by atoms with Gasteiger partial charge in [-0.1, -0.05) is 17.7 Å². The monoisotopic (exact) mass is 234 g/mol. The van der Waals surface area contributed by atoms with Gasteiger partial charge in [-0.3, -0.25) is 4.90 Å². The summed E-state index contributed by atoms with van der Waals surface area (Å²) in [5.41, 5.74) is 2.23. The first-order valence-corrected chi connectivity index (χ1v) is 6.36. The van der Waals surface area contributed by atoms with E-state index in [0.717, 1.165) is 25.2 Å². The van der Waals surface area contributed by atoms with E-state index >= 15 is 0 Å². The highest BCUT2D eigenvalue weighted by Crippen LogP contribution is 2.21. The molecule has 1 unspecified atom stereocenters. The molecule has 0 spiro atoms. The zero-order chi connectivity index (χ0) is 12.3. The number of nitrogens with zero attached hydrogens (tertiary/aromatic N) is 1. The normalized spacial score (nSPS) is 20.8. The first-order chi connectivity index (χ1) is 8.16. The smallest absolute Gasteiger partial charge is 0.120 e. The van der Waals surface area contributed by atoms with Gasteiger partial charge in [0.1, 0.15) is 5.75 Å². The molecule has 2 N–H and O–H groups in total. The molecule has 0 aliphatic carbocycles. The lowest BCUT2D eigenvalue weighted by atomic mass is 10.0. The van der Waals surface area contributed by atoms with Gasteiger partial charge in [-0.25, -0.2) is 0 Å². The van der Waals surface area contributed by atoms with Crippen LogP contribution in [0.2, 0.25) is 0 Å². The van der Waals surface area contributed by atoms with Crippen LogP contribution in [-0.2, 0) is 6.54 Å². The van der Waals surface area contributed by atoms with Crippen LogP contribution >= 0.6 is 0 Å². The van der Waals surface area contributed by atoms with Crippen LogP contribution in [0.3, 0.4) is 0 Å². The van der Waals surface area contributed by atoms with Gasteiger partial charge in [0.2, 0.25) is 0 Å². The molecule has 0 saturated carbocycles. The number of hydrogen-bond acceptors (Lipinski definition) is 3. The van der Waals surface area contributed by atoms with Crippen molar-refractivity contribution in [2.24, 2.45) is 0 Å². The summed E-state index contributed by atoms with van der Waals surface area (Å²) in [5.74, 6) is 0.409. The van der Waals surface area contributed by atoms with Gasteiger partial charge in [-0.2, -0.15) is 0 Å². The average Bonchev–Trinajstić information content (AvgIpc) is 2.35. The van der Waals surface area contributed by atoms with E-state index in [1.54, 1.807) is 6.07 Å². The van der Waals surface area contributed by atoms with E-state index in [4.69, 9.17) is 0 Å². The molecule has 17 heavy (non-hydrogen) atoms. The van der Waals surface area contributed by atoms with Crippen LogP contribution in [-0.4, -0.2) is 36.2 Å². The Balaban J connectivity index is 2.01. The number of rotatable bonds is 3. The summed E-state index contributed by atoms with van der Waals surface area (Å²) in [6, 6.07) is 6.39. The molecule has 1 aliphatic rings. The number of piperidine rings is 1. The van der Waals surface area contributed by atoms with Crippen molar-refractivity contribution >= 4 is 0 Å². The minimum Gasteiger partial charge on any atom is -0.508 e. The molecule has 1 aliphatic heterocycles. The minimum atomic E-state index is 0.409. The number of likely N-dealkylation sites (N-methyl/N-ethyl adjacent to an activating group) is 1.